The molecule has 3 atom stereocenters. The highest BCUT2D eigenvalue weighted by Gasteiger charge is 2.23. The van der Waals surface area contributed by atoms with Gasteiger partial charge in [0.15, 0.2) is 0 Å². The van der Waals surface area contributed by atoms with Crippen molar-refractivity contribution in [2.45, 2.75) is 219 Å². The molecule has 0 aliphatic carbocycles. The van der Waals surface area contributed by atoms with Crippen molar-refractivity contribution in [3.63, 3.8) is 0 Å². The summed E-state index contributed by atoms with van der Waals surface area (Å²) in [5.74, 6) is -0.280. The fourth-order valence-corrected chi connectivity index (χ4v) is 7.49. The zero-order chi connectivity index (χ0) is 44.3. The van der Waals surface area contributed by atoms with Crippen LogP contribution < -0.4 is 10.2 Å². The number of nitrogens with zero attached hydrogens (tertiary/aromatic N) is 1. The van der Waals surface area contributed by atoms with E-state index in [1.807, 2.05) is 33.3 Å². The largest absolute Gasteiger partial charge is 0.756 e. The average Bonchev–Trinajstić information content (AvgIpc) is 3.20. The summed E-state index contributed by atoms with van der Waals surface area (Å²) in [6.45, 7) is 4.56. The molecule has 3 unspecified atom stereocenters. The number of nitrogens with one attached hydrogen (secondary N) is 1. The second kappa shape index (κ2) is 42.5. The summed E-state index contributed by atoms with van der Waals surface area (Å²) in [5.41, 5.74) is 0. The van der Waals surface area contributed by atoms with Gasteiger partial charge in [-0.25, -0.2) is 0 Å². The summed E-state index contributed by atoms with van der Waals surface area (Å²) in [5, 5.41) is 13.7. The molecule has 0 saturated carbocycles. The number of phosphoric ester groups is 1. The summed E-state index contributed by atoms with van der Waals surface area (Å²) >= 11 is 0. The van der Waals surface area contributed by atoms with Gasteiger partial charge >= 0.3 is 0 Å². The number of rotatable bonds is 44. The van der Waals surface area contributed by atoms with E-state index < -0.39 is 26.6 Å². The van der Waals surface area contributed by atoms with E-state index in [1.165, 1.54) is 141 Å². The fourth-order valence-electron chi connectivity index (χ4n) is 6.76. The lowest BCUT2D eigenvalue weighted by Crippen LogP contribution is -2.45. The van der Waals surface area contributed by atoms with Crippen molar-refractivity contribution in [1.29, 1.82) is 0 Å². The number of hydrogen-bond donors (Lipinski definition) is 2. The molecular formula is C51H95N2O6P. The van der Waals surface area contributed by atoms with Crippen LogP contribution in [0.15, 0.2) is 60.8 Å². The molecule has 0 heterocycles. The molecule has 350 valence electrons. The average molecular weight is 863 g/mol. The van der Waals surface area contributed by atoms with E-state index in [2.05, 4.69) is 61.7 Å². The molecule has 0 radical (unpaired) electrons. The van der Waals surface area contributed by atoms with Crippen LogP contribution in [0, 0.1) is 0 Å². The minimum absolute atomic E-state index is 0.0201. The summed E-state index contributed by atoms with van der Waals surface area (Å²) < 4.78 is 23.2. The molecule has 0 aliphatic rings. The molecule has 0 bridgehead atoms. The van der Waals surface area contributed by atoms with E-state index in [9.17, 15) is 19.4 Å². The van der Waals surface area contributed by atoms with E-state index in [4.69, 9.17) is 9.05 Å². The Morgan fingerprint density at radius 2 is 0.983 bits per heavy atom. The molecule has 1 amide bonds. The van der Waals surface area contributed by atoms with Crippen LogP contribution in [0.3, 0.4) is 0 Å². The van der Waals surface area contributed by atoms with Gasteiger partial charge in [-0.15, -0.1) is 0 Å². The molecule has 0 spiro atoms. The zero-order valence-electron chi connectivity index (χ0n) is 39.6. The maximum atomic E-state index is 12.8. The Kier molecular flexibility index (Phi) is 41.2. The molecular weight excluding hydrogens is 768 g/mol. The highest BCUT2D eigenvalue weighted by Crippen LogP contribution is 2.38. The van der Waals surface area contributed by atoms with Gasteiger partial charge in [0.1, 0.15) is 13.2 Å². The monoisotopic (exact) mass is 863 g/mol. The SMILES string of the molecule is CCCCCCCC/C=C\C/C=C\CCC(=O)NC(COP(=O)([O-])OCC[N+](C)(C)C)C(O)/C=C/CC/C=C/CC/C=C/CCCCCCCCCCCCCCCCC. The van der Waals surface area contributed by atoms with Crippen LogP contribution in [0.1, 0.15) is 206 Å². The van der Waals surface area contributed by atoms with E-state index in [0.717, 1.165) is 38.5 Å². The predicted molar refractivity (Wildman–Crippen MR) is 256 cm³/mol. The third-order valence-corrected chi connectivity index (χ3v) is 11.7. The fraction of sp³-hybridized carbons (Fsp3) is 0.784. The van der Waals surface area contributed by atoms with Crippen LogP contribution in [-0.4, -0.2) is 68.5 Å². The van der Waals surface area contributed by atoms with Crippen LogP contribution >= 0.6 is 7.82 Å². The number of phosphoric acid groups is 1. The highest BCUT2D eigenvalue weighted by molar-refractivity contribution is 7.45. The molecule has 0 fully saturated rings. The second-order valence-electron chi connectivity index (χ2n) is 17.8. The lowest BCUT2D eigenvalue weighted by atomic mass is 10.0. The Bertz CT molecular complexity index is 1160. The third kappa shape index (κ3) is 44.3. The number of allylic oxidation sites excluding steroid dienone is 9. The van der Waals surface area contributed by atoms with Gasteiger partial charge in [0.25, 0.3) is 7.82 Å². The van der Waals surface area contributed by atoms with Crippen molar-refractivity contribution in [3.8, 4) is 0 Å². The van der Waals surface area contributed by atoms with Crippen molar-refractivity contribution in [2.24, 2.45) is 0 Å². The molecule has 0 saturated heterocycles. The number of quaternary nitrogens is 1. The lowest BCUT2D eigenvalue weighted by Gasteiger charge is -2.29. The Hall–Kier alpha value is -1.80. The lowest BCUT2D eigenvalue weighted by molar-refractivity contribution is -0.870. The van der Waals surface area contributed by atoms with Gasteiger partial charge in [-0.2, -0.15) is 0 Å². The molecule has 0 rings (SSSR count). The third-order valence-electron chi connectivity index (χ3n) is 10.7. The summed E-state index contributed by atoms with van der Waals surface area (Å²) in [6.07, 6.45) is 56.0. The molecule has 2 N–H and O–H groups in total. The number of carbonyl (C=O) groups excluding carboxylic acids is 1. The second-order valence-corrected chi connectivity index (χ2v) is 19.2. The quantitative estimate of drug-likeness (QED) is 0.0273. The molecule has 60 heavy (non-hydrogen) atoms. The minimum atomic E-state index is -4.62. The van der Waals surface area contributed by atoms with E-state index >= 15 is 0 Å². The van der Waals surface area contributed by atoms with Crippen LogP contribution in [0.25, 0.3) is 0 Å². The number of aliphatic hydroxyl groups excluding tert-OH is 1. The van der Waals surface area contributed by atoms with Gasteiger partial charge in [0.2, 0.25) is 5.91 Å². The molecule has 0 aromatic heterocycles. The number of hydrogen-bond acceptors (Lipinski definition) is 6. The Labute approximate surface area is 371 Å². The van der Waals surface area contributed by atoms with Gasteiger partial charge < -0.3 is 28.8 Å². The molecule has 0 aromatic carbocycles. The smallest absolute Gasteiger partial charge is 0.268 e. The highest BCUT2D eigenvalue weighted by atomic mass is 31.2. The first-order valence-electron chi connectivity index (χ1n) is 24.7. The van der Waals surface area contributed by atoms with Crippen LogP contribution in [0.2, 0.25) is 0 Å². The van der Waals surface area contributed by atoms with E-state index in [0.29, 0.717) is 17.4 Å². The van der Waals surface area contributed by atoms with Gasteiger partial charge in [0, 0.05) is 6.42 Å². The van der Waals surface area contributed by atoms with Crippen LogP contribution in [0.5, 0.6) is 0 Å². The maximum absolute atomic E-state index is 12.8. The zero-order valence-corrected chi connectivity index (χ0v) is 40.5. The topological polar surface area (TPSA) is 108 Å². The summed E-state index contributed by atoms with van der Waals surface area (Å²) in [4.78, 5) is 25.3. The molecule has 0 aromatic rings. The van der Waals surface area contributed by atoms with Crippen molar-refractivity contribution in [1.82, 2.24) is 5.32 Å². The van der Waals surface area contributed by atoms with Crippen LogP contribution in [0.4, 0.5) is 0 Å². The van der Waals surface area contributed by atoms with E-state index in [1.54, 1.807) is 6.08 Å². The molecule has 8 nitrogen and oxygen atoms in total. The predicted octanol–water partition coefficient (Wildman–Crippen LogP) is 13.6. The summed E-state index contributed by atoms with van der Waals surface area (Å²) in [6, 6.07) is -0.941. The molecule has 9 heteroatoms. The number of unbranched alkanes of at least 4 members (excludes halogenated alkanes) is 23. The van der Waals surface area contributed by atoms with Crippen LogP contribution in [-0.2, 0) is 18.4 Å². The van der Waals surface area contributed by atoms with Gasteiger partial charge in [-0.05, 0) is 64.2 Å². The first-order valence-corrected chi connectivity index (χ1v) is 26.1. The van der Waals surface area contributed by atoms with E-state index in [-0.39, 0.29) is 18.9 Å². The maximum Gasteiger partial charge on any atom is 0.268 e. The first kappa shape index (κ1) is 58.2. The number of carbonyl (C=O) groups is 1. The Balaban J connectivity index is 4.41. The number of likely N-dealkylation sites (N-methyl/N-ethyl adjacent to an activating group) is 1. The Morgan fingerprint density at radius 1 is 0.583 bits per heavy atom. The normalized spacial score (nSPS) is 14.7. The Morgan fingerprint density at radius 3 is 1.45 bits per heavy atom. The standard InChI is InChI=1S/C51H95N2O6P/c1-6-8-10-12-14-16-18-20-21-22-23-24-25-26-27-28-29-30-31-33-34-36-38-40-42-44-50(54)49(48-59-60(56,57)58-47-46-53(3,4)5)52-51(55)45-43-41-39-37-35-32-19-17-15-13-11-9-7-2/h29-30,32,34-36,39,41-42,44,49-50,54H,6-28,31,33,37-38,40,43,45-48H2,1-5H3,(H-,52,55,56,57)/b30-29+,35-32-,36-34+,41-39-,44-42+. The molecule has 0 aliphatic heterocycles. The van der Waals surface area contributed by atoms with Gasteiger partial charge in [-0.1, -0.05) is 197 Å². The minimum Gasteiger partial charge on any atom is -0.756 e. The van der Waals surface area contributed by atoms with Gasteiger partial charge in [0.05, 0.1) is 39.9 Å². The summed E-state index contributed by atoms with van der Waals surface area (Å²) in [7, 11) is 1.20. The first-order chi connectivity index (χ1) is 29.0. The number of aliphatic hydroxyl groups is 1. The van der Waals surface area contributed by atoms with Crippen molar-refractivity contribution < 1.29 is 32.9 Å². The van der Waals surface area contributed by atoms with Crippen molar-refractivity contribution in [2.75, 3.05) is 40.9 Å². The van der Waals surface area contributed by atoms with Gasteiger partial charge in [-0.3, -0.25) is 9.36 Å². The van der Waals surface area contributed by atoms with Crippen molar-refractivity contribution >= 4 is 13.7 Å². The number of amides is 1. The van der Waals surface area contributed by atoms with Crippen molar-refractivity contribution in [3.05, 3.63) is 60.8 Å².